The molecule has 3 rings (SSSR count). The van der Waals surface area contributed by atoms with Gasteiger partial charge in [-0.25, -0.2) is 0 Å². The molecule has 1 N–H and O–H groups in total. The number of carbonyl (C=O) groups is 3. The van der Waals surface area contributed by atoms with Crippen LogP contribution in [0.4, 0.5) is 4.79 Å². The number of carbonyl (C=O) groups excluding carboxylic acids is 3. The second kappa shape index (κ2) is 8.81. The summed E-state index contributed by atoms with van der Waals surface area (Å²) in [5.74, 6) is -0.601. The van der Waals surface area contributed by atoms with E-state index in [1.807, 2.05) is 30.5 Å². The van der Waals surface area contributed by atoms with Crippen LogP contribution in [0.2, 0.25) is 0 Å². The maximum atomic E-state index is 12.5. The first kappa shape index (κ1) is 19.8. The van der Waals surface area contributed by atoms with Crippen molar-refractivity contribution in [1.82, 2.24) is 10.2 Å². The number of halogens is 1. The number of thioether (sulfide) groups is 2. The van der Waals surface area contributed by atoms with Crippen LogP contribution in [-0.4, -0.2) is 41.3 Å². The fraction of sp³-hybridized carbons (Fsp3) is 0.167. The summed E-state index contributed by atoms with van der Waals surface area (Å²) in [6.07, 6.45) is 3.69. The van der Waals surface area contributed by atoms with Crippen molar-refractivity contribution in [3.05, 3.63) is 57.3 Å². The van der Waals surface area contributed by atoms with Crippen LogP contribution in [0.15, 0.2) is 55.3 Å². The Morgan fingerprint density at radius 3 is 2.63 bits per heavy atom. The minimum atomic E-state index is -0.405. The Balaban J connectivity index is 1.58. The summed E-state index contributed by atoms with van der Waals surface area (Å²) in [5.41, 5.74) is 0.856. The van der Waals surface area contributed by atoms with Crippen molar-refractivity contribution in [3.8, 4) is 0 Å². The fourth-order valence-corrected chi connectivity index (χ4v) is 3.93. The number of benzene rings is 1. The van der Waals surface area contributed by atoms with E-state index in [1.54, 1.807) is 23.9 Å². The van der Waals surface area contributed by atoms with E-state index in [0.29, 0.717) is 9.57 Å². The van der Waals surface area contributed by atoms with Gasteiger partial charge in [0.15, 0.2) is 10.4 Å². The van der Waals surface area contributed by atoms with E-state index >= 15 is 0 Å². The zero-order valence-corrected chi connectivity index (χ0v) is 17.4. The van der Waals surface area contributed by atoms with Gasteiger partial charge in [-0.05, 0) is 69.9 Å². The van der Waals surface area contributed by atoms with Crippen LogP contribution in [-0.2, 0) is 4.79 Å². The molecule has 0 radical (unpaired) electrons. The third-order valence-electron chi connectivity index (χ3n) is 3.71. The lowest BCUT2D eigenvalue weighted by Gasteiger charge is -2.12. The molecule has 1 saturated heterocycles. The summed E-state index contributed by atoms with van der Waals surface area (Å²) in [4.78, 5) is 39.1. The predicted octanol–water partition coefficient (Wildman–Crippen LogP) is 4.23. The smallest absolute Gasteiger partial charge is 0.293 e. The lowest BCUT2D eigenvalue weighted by molar-refractivity contribution is -0.122. The lowest BCUT2D eigenvalue weighted by Crippen LogP contribution is -2.37. The normalized spacial score (nSPS) is 15.6. The zero-order valence-electron chi connectivity index (χ0n) is 14.2. The fourth-order valence-electron chi connectivity index (χ4n) is 2.35. The molecule has 1 fully saturated rings. The Morgan fingerprint density at radius 2 is 2.00 bits per heavy atom. The Kier molecular flexibility index (Phi) is 6.46. The molecule has 0 bridgehead atoms. The van der Waals surface area contributed by atoms with Gasteiger partial charge in [0.2, 0.25) is 0 Å². The molecule has 140 valence electrons. The van der Waals surface area contributed by atoms with E-state index in [9.17, 15) is 14.4 Å². The first-order valence-electron chi connectivity index (χ1n) is 7.91. The molecule has 3 amide bonds. The standard InChI is InChI=1S/C18H15BrN2O4S2/c1-26-12-4-2-11(3-5-12)10-14-17(23)21(18(24)27-14)9-8-20-16(22)13-6-7-15(19)25-13/h2-7,10H,8-9H2,1H3,(H,20,22)/b14-10+. The highest BCUT2D eigenvalue weighted by molar-refractivity contribution is 9.10. The number of nitrogens with zero attached hydrogens (tertiary/aromatic N) is 1. The average Bonchev–Trinajstić information content (AvgIpc) is 3.21. The van der Waals surface area contributed by atoms with Gasteiger partial charge in [0.1, 0.15) is 0 Å². The monoisotopic (exact) mass is 466 g/mol. The summed E-state index contributed by atoms with van der Waals surface area (Å²) < 4.78 is 5.61. The first-order valence-corrected chi connectivity index (χ1v) is 10.7. The maximum absolute atomic E-state index is 12.5. The molecule has 1 aromatic heterocycles. The van der Waals surface area contributed by atoms with Crippen molar-refractivity contribution in [2.45, 2.75) is 4.90 Å². The largest absolute Gasteiger partial charge is 0.444 e. The number of hydrogen-bond acceptors (Lipinski definition) is 6. The van der Waals surface area contributed by atoms with Crippen molar-refractivity contribution in [3.63, 3.8) is 0 Å². The second-order valence-electron chi connectivity index (χ2n) is 5.47. The topological polar surface area (TPSA) is 79.6 Å². The van der Waals surface area contributed by atoms with Gasteiger partial charge in [0, 0.05) is 18.0 Å². The molecule has 0 aliphatic carbocycles. The van der Waals surface area contributed by atoms with Gasteiger partial charge in [0.25, 0.3) is 17.1 Å². The van der Waals surface area contributed by atoms with Crippen molar-refractivity contribution in [1.29, 1.82) is 0 Å². The van der Waals surface area contributed by atoms with Gasteiger partial charge in [-0.3, -0.25) is 19.3 Å². The molecule has 27 heavy (non-hydrogen) atoms. The highest BCUT2D eigenvalue weighted by atomic mass is 79.9. The van der Waals surface area contributed by atoms with Crippen LogP contribution < -0.4 is 5.32 Å². The molecular weight excluding hydrogens is 452 g/mol. The molecule has 1 aliphatic rings. The van der Waals surface area contributed by atoms with Crippen LogP contribution in [0.3, 0.4) is 0 Å². The van der Waals surface area contributed by atoms with E-state index in [4.69, 9.17) is 4.42 Å². The lowest BCUT2D eigenvalue weighted by atomic mass is 10.2. The molecule has 0 saturated carbocycles. The summed E-state index contributed by atoms with van der Waals surface area (Å²) in [6, 6.07) is 10.9. The second-order valence-corrected chi connectivity index (χ2v) is 8.12. The van der Waals surface area contributed by atoms with Gasteiger partial charge < -0.3 is 9.73 Å². The minimum Gasteiger partial charge on any atom is -0.444 e. The van der Waals surface area contributed by atoms with Gasteiger partial charge in [-0.2, -0.15) is 0 Å². The van der Waals surface area contributed by atoms with Crippen LogP contribution in [0.25, 0.3) is 6.08 Å². The van der Waals surface area contributed by atoms with Gasteiger partial charge in [-0.15, -0.1) is 11.8 Å². The van der Waals surface area contributed by atoms with Crippen molar-refractivity contribution >= 4 is 62.6 Å². The Morgan fingerprint density at radius 1 is 1.26 bits per heavy atom. The highest BCUT2D eigenvalue weighted by Crippen LogP contribution is 2.32. The number of imide groups is 1. The highest BCUT2D eigenvalue weighted by Gasteiger charge is 2.34. The zero-order chi connectivity index (χ0) is 19.4. The number of nitrogens with one attached hydrogen (secondary N) is 1. The Hall–Kier alpha value is -1.97. The van der Waals surface area contributed by atoms with Crippen LogP contribution in [0.1, 0.15) is 16.1 Å². The minimum absolute atomic E-state index is 0.0983. The van der Waals surface area contributed by atoms with Crippen LogP contribution >= 0.6 is 39.5 Å². The molecule has 0 unspecified atom stereocenters. The van der Waals surface area contributed by atoms with E-state index in [1.165, 1.54) is 6.07 Å². The molecule has 6 nitrogen and oxygen atoms in total. The molecule has 0 atom stereocenters. The summed E-state index contributed by atoms with van der Waals surface area (Å²) in [5, 5.41) is 2.28. The average molecular weight is 467 g/mol. The summed E-state index contributed by atoms with van der Waals surface area (Å²) in [7, 11) is 0. The molecule has 2 aromatic rings. The number of furan rings is 1. The van der Waals surface area contributed by atoms with Crippen molar-refractivity contribution in [2.24, 2.45) is 0 Å². The summed E-state index contributed by atoms with van der Waals surface area (Å²) in [6.45, 7) is 0.242. The van der Waals surface area contributed by atoms with Gasteiger partial charge >= 0.3 is 0 Å². The SMILES string of the molecule is CSc1ccc(/C=C2/SC(=O)N(CCNC(=O)c3ccc(Br)o3)C2=O)cc1. The number of rotatable bonds is 6. The van der Waals surface area contributed by atoms with E-state index < -0.39 is 5.91 Å². The van der Waals surface area contributed by atoms with Gasteiger partial charge in [0.05, 0.1) is 4.91 Å². The van der Waals surface area contributed by atoms with Crippen LogP contribution in [0.5, 0.6) is 0 Å². The molecule has 1 aromatic carbocycles. The van der Waals surface area contributed by atoms with E-state index in [-0.39, 0.29) is 30.0 Å². The van der Waals surface area contributed by atoms with Crippen LogP contribution in [0, 0.1) is 0 Å². The van der Waals surface area contributed by atoms with Crippen molar-refractivity contribution < 1.29 is 18.8 Å². The summed E-state index contributed by atoms with van der Waals surface area (Å²) >= 11 is 5.66. The number of hydrogen-bond donors (Lipinski definition) is 1. The Bertz CT molecular complexity index is 908. The molecule has 0 spiro atoms. The first-order chi connectivity index (χ1) is 13.0. The Labute approximate surface area is 172 Å². The van der Waals surface area contributed by atoms with E-state index in [2.05, 4.69) is 21.2 Å². The quantitative estimate of drug-likeness (QED) is 0.506. The molecule has 1 aliphatic heterocycles. The molecule has 2 heterocycles. The predicted molar refractivity (Wildman–Crippen MR) is 110 cm³/mol. The van der Waals surface area contributed by atoms with Gasteiger partial charge in [-0.1, -0.05) is 12.1 Å². The third-order valence-corrected chi connectivity index (χ3v) is 5.78. The maximum Gasteiger partial charge on any atom is 0.293 e. The molecular formula is C18H15BrN2O4S2. The van der Waals surface area contributed by atoms with Crippen molar-refractivity contribution in [2.75, 3.05) is 19.3 Å². The number of amides is 3. The third kappa shape index (κ3) is 4.85. The molecule has 9 heteroatoms. The van der Waals surface area contributed by atoms with E-state index in [0.717, 1.165) is 27.1 Å².